The van der Waals surface area contributed by atoms with Gasteiger partial charge in [0.05, 0.1) is 10.5 Å². The summed E-state index contributed by atoms with van der Waals surface area (Å²) in [6, 6.07) is 0.213. The summed E-state index contributed by atoms with van der Waals surface area (Å²) in [7, 11) is 1.42. The molecule has 0 bridgehead atoms. The van der Waals surface area contributed by atoms with Crippen LogP contribution >= 0.6 is 0 Å². The monoisotopic (exact) mass is 267 g/mol. The van der Waals surface area contributed by atoms with E-state index in [1.54, 1.807) is 0 Å². The summed E-state index contributed by atoms with van der Waals surface area (Å²) in [5.41, 5.74) is 4.98. The molecular weight excluding hydrogens is 254 g/mol. The van der Waals surface area contributed by atoms with Crippen molar-refractivity contribution in [3.05, 3.63) is 27.9 Å². The van der Waals surface area contributed by atoms with Crippen molar-refractivity contribution in [3.8, 4) is 0 Å². The van der Waals surface area contributed by atoms with Crippen molar-refractivity contribution in [2.24, 2.45) is 0 Å². The predicted octanol–water partition coefficient (Wildman–Crippen LogP) is -0.564. The van der Waals surface area contributed by atoms with Crippen LogP contribution in [0.3, 0.4) is 0 Å². The molecule has 1 heterocycles. The van der Waals surface area contributed by atoms with Gasteiger partial charge in [-0.15, -0.1) is 0 Å². The topological polar surface area (TPSA) is 140 Å². The number of rotatable bonds is 4. The third kappa shape index (κ3) is 3.37. The number of likely N-dealkylation sites (N-methyl/N-ethyl adjacent to an activating group) is 1. The molecule has 1 aromatic rings. The third-order valence-electron chi connectivity index (χ3n) is 2.35. The fourth-order valence-electron chi connectivity index (χ4n) is 1.30. The molecule has 1 unspecified atom stereocenters. The number of hydrogen-bond donors (Lipinski definition) is 3. The Hall–Kier alpha value is -2.71. The molecular formula is C10H13N5O4. The van der Waals surface area contributed by atoms with Gasteiger partial charge < -0.3 is 16.4 Å². The van der Waals surface area contributed by atoms with Crippen molar-refractivity contribution in [2.45, 2.75) is 13.0 Å². The Morgan fingerprint density at radius 2 is 2.16 bits per heavy atom. The highest BCUT2D eigenvalue weighted by Crippen LogP contribution is 2.16. The molecule has 1 atom stereocenters. The lowest BCUT2D eigenvalue weighted by Gasteiger charge is -2.12. The van der Waals surface area contributed by atoms with Crippen molar-refractivity contribution in [1.29, 1.82) is 0 Å². The Morgan fingerprint density at radius 3 is 2.68 bits per heavy atom. The summed E-state index contributed by atoms with van der Waals surface area (Å²) in [5.74, 6) is -1.25. The number of aromatic nitrogens is 1. The minimum Gasteiger partial charge on any atom is -0.383 e. The number of hydrogen-bond acceptors (Lipinski definition) is 6. The fraction of sp³-hybridized carbons (Fsp3) is 0.300. The largest absolute Gasteiger partial charge is 0.383 e. The number of nitro groups is 1. The van der Waals surface area contributed by atoms with Crippen LogP contribution in [0.15, 0.2) is 12.3 Å². The summed E-state index contributed by atoms with van der Waals surface area (Å²) < 4.78 is 0. The van der Waals surface area contributed by atoms with E-state index >= 15 is 0 Å². The van der Waals surface area contributed by atoms with E-state index in [4.69, 9.17) is 5.73 Å². The molecule has 9 nitrogen and oxygen atoms in total. The summed E-state index contributed by atoms with van der Waals surface area (Å²) in [6.45, 7) is 1.47. The number of amides is 2. The number of carbonyl (C=O) groups excluding carboxylic acids is 2. The van der Waals surface area contributed by atoms with Gasteiger partial charge in [-0.3, -0.25) is 19.7 Å². The molecule has 0 saturated carbocycles. The highest BCUT2D eigenvalue weighted by molar-refractivity contribution is 6.01. The summed E-state index contributed by atoms with van der Waals surface area (Å²) in [5, 5.41) is 15.3. The lowest BCUT2D eigenvalue weighted by Crippen LogP contribution is -2.43. The van der Waals surface area contributed by atoms with E-state index in [0.29, 0.717) is 0 Å². The number of nitrogens with one attached hydrogen (secondary N) is 2. The van der Waals surface area contributed by atoms with Crippen LogP contribution in [0.2, 0.25) is 0 Å². The van der Waals surface area contributed by atoms with E-state index in [1.165, 1.54) is 14.0 Å². The zero-order valence-electron chi connectivity index (χ0n) is 10.3. The Labute approximate surface area is 108 Å². The molecule has 0 fully saturated rings. The molecule has 19 heavy (non-hydrogen) atoms. The van der Waals surface area contributed by atoms with Gasteiger partial charge in [0.15, 0.2) is 0 Å². The van der Waals surface area contributed by atoms with Gasteiger partial charge in [-0.25, -0.2) is 4.98 Å². The molecule has 1 aromatic heterocycles. The lowest BCUT2D eigenvalue weighted by molar-refractivity contribution is -0.385. The Morgan fingerprint density at radius 1 is 1.53 bits per heavy atom. The minimum atomic E-state index is -0.795. The Bertz CT molecular complexity index is 531. The molecule has 0 saturated heterocycles. The predicted molar refractivity (Wildman–Crippen MR) is 66.3 cm³/mol. The van der Waals surface area contributed by atoms with Gasteiger partial charge in [-0.2, -0.15) is 0 Å². The second-order valence-electron chi connectivity index (χ2n) is 3.69. The highest BCUT2D eigenvalue weighted by atomic mass is 16.6. The molecule has 9 heteroatoms. The van der Waals surface area contributed by atoms with E-state index in [0.717, 1.165) is 12.3 Å². The van der Waals surface area contributed by atoms with Crippen LogP contribution in [0.25, 0.3) is 0 Å². The van der Waals surface area contributed by atoms with Crippen LogP contribution in [0.1, 0.15) is 17.3 Å². The molecule has 0 radical (unpaired) electrons. The maximum Gasteiger partial charge on any atom is 0.288 e. The summed E-state index contributed by atoms with van der Waals surface area (Å²) in [6.07, 6.45) is 0.953. The molecule has 0 aromatic carbocycles. The van der Waals surface area contributed by atoms with Crippen LogP contribution in [-0.4, -0.2) is 34.8 Å². The Kier molecular flexibility index (Phi) is 4.35. The smallest absolute Gasteiger partial charge is 0.288 e. The van der Waals surface area contributed by atoms with E-state index in [1.807, 2.05) is 0 Å². The van der Waals surface area contributed by atoms with Gasteiger partial charge in [-0.1, -0.05) is 0 Å². The van der Waals surface area contributed by atoms with Crippen molar-refractivity contribution >= 4 is 23.3 Å². The van der Waals surface area contributed by atoms with Crippen LogP contribution in [0.4, 0.5) is 11.5 Å². The molecule has 4 N–H and O–H groups in total. The SMILES string of the molecule is CNC(=O)C(C)NC(=O)c1cc([N+](=O)[O-])cnc1N. The second kappa shape index (κ2) is 5.76. The zero-order chi connectivity index (χ0) is 14.6. The molecule has 1 rings (SSSR count). The third-order valence-corrected chi connectivity index (χ3v) is 2.35. The van der Waals surface area contributed by atoms with E-state index in [-0.39, 0.29) is 17.1 Å². The average molecular weight is 267 g/mol. The van der Waals surface area contributed by atoms with E-state index < -0.39 is 22.8 Å². The molecule has 0 aliphatic rings. The number of nitrogens with zero attached hydrogens (tertiary/aromatic N) is 2. The lowest BCUT2D eigenvalue weighted by atomic mass is 10.2. The average Bonchev–Trinajstić information content (AvgIpc) is 2.37. The summed E-state index contributed by atoms with van der Waals surface area (Å²) >= 11 is 0. The Balaban J connectivity index is 2.96. The van der Waals surface area contributed by atoms with Gasteiger partial charge in [0.25, 0.3) is 11.6 Å². The van der Waals surface area contributed by atoms with Crippen molar-refractivity contribution in [2.75, 3.05) is 12.8 Å². The van der Waals surface area contributed by atoms with Crippen LogP contribution in [-0.2, 0) is 4.79 Å². The van der Waals surface area contributed by atoms with Crippen LogP contribution in [0, 0.1) is 10.1 Å². The molecule has 0 spiro atoms. The second-order valence-corrected chi connectivity index (χ2v) is 3.69. The molecule has 0 aliphatic heterocycles. The van der Waals surface area contributed by atoms with Gasteiger partial charge in [0.1, 0.15) is 18.1 Å². The van der Waals surface area contributed by atoms with Crippen molar-refractivity contribution < 1.29 is 14.5 Å². The quantitative estimate of drug-likeness (QED) is 0.493. The fourth-order valence-corrected chi connectivity index (χ4v) is 1.30. The van der Waals surface area contributed by atoms with Crippen molar-refractivity contribution in [1.82, 2.24) is 15.6 Å². The van der Waals surface area contributed by atoms with Gasteiger partial charge in [-0.05, 0) is 6.92 Å². The highest BCUT2D eigenvalue weighted by Gasteiger charge is 2.20. The number of nitrogen functional groups attached to an aromatic ring is 1. The van der Waals surface area contributed by atoms with Gasteiger partial charge in [0.2, 0.25) is 5.91 Å². The van der Waals surface area contributed by atoms with Gasteiger partial charge in [0, 0.05) is 13.1 Å². The summed E-state index contributed by atoms with van der Waals surface area (Å²) in [4.78, 5) is 36.6. The van der Waals surface area contributed by atoms with Crippen molar-refractivity contribution in [3.63, 3.8) is 0 Å². The maximum absolute atomic E-state index is 11.8. The minimum absolute atomic E-state index is 0.146. The van der Waals surface area contributed by atoms with Gasteiger partial charge >= 0.3 is 0 Å². The van der Waals surface area contributed by atoms with Crippen LogP contribution < -0.4 is 16.4 Å². The van der Waals surface area contributed by atoms with E-state index in [9.17, 15) is 19.7 Å². The van der Waals surface area contributed by atoms with E-state index in [2.05, 4.69) is 15.6 Å². The molecule has 2 amide bonds. The normalized spacial score (nSPS) is 11.5. The number of pyridine rings is 1. The zero-order valence-corrected chi connectivity index (χ0v) is 10.3. The first kappa shape index (κ1) is 14.4. The van der Waals surface area contributed by atoms with Crippen LogP contribution in [0.5, 0.6) is 0 Å². The first-order chi connectivity index (χ1) is 8.86. The number of carbonyl (C=O) groups is 2. The number of nitrogens with two attached hydrogens (primary N) is 1. The number of anilines is 1. The first-order valence-corrected chi connectivity index (χ1v) is 5.29. The first-order valence-electron chi connectivity index (χ1n) is 5.29. The molecule has 102 valence electrons. The maximum atomic E-state index is 11.8. The molecule has 0 aliphatic carbocycles. The standard InChI is InChI=1S/C10H13N5O4/c1-5(9(16)12-2)14-10(17)7-3-6(15(18)19)4-13-8(7)11/h3-5H,1-2H3,(H2,11,13)(H,12,16)(H,14,17).